The highest BCUT2D eigenvalue weighted by Gasteiger charge is 2.50. The van der Waals surface area contributed by atoms with Crippen LogP contribution in [-0.2, 0) is 27.9 Å². The summed E-state index contributed by atoms with van der Waals surface area (Å²) < 4.78 is 5.26. The summed E-state index contributed by atoms with van der Waals surface area (Å²) in [6, 6.07) is 12.8. The number of rotatable bonds is 3. The molecule has 5 nitrogen and oxygen atoms in total. The smallest absolute Gasteiger partial charge is 0.332 e. The summed E-state index contributed by atoms with van der Waals surface area (Å²) in [5.74, 6) is -0.0960. The van der Waals surface area contributed by atoms with Gasteiger partial charge in [0.25, 0.3) is 0 Å². The molecule has 0 spiro atoms. The number of carbonyl (C=O) groups excluding carboxylic acids is 1. The number of esters is 1. The first-order valence-corrected chi connectivity index (χ1v) is 9.21. The first-order valence-electron chi connectivity index (χ1n) is 8.84. The summed E-state index contributed by atoms with van der Waals surface area (Å²) in [5.41, 5.74) is 2.81. The molecular formula is C21H21ClN2O3. The number of aromatic amines is 1. The lowest BCUT2D eigenvalue weighted by atomic mass is 9.80. The molecule has 1 aliphatic rings. The Morgan fingerprint density at radius 2 is 2.04 bits per heavy atom. The Morgan fingerprint density at radius 1 is 1.30 bits per heavy atom. The molecule has 1 unspecified atom stereocenters. The number of hydrogen-bond acceptors (Lipinski definition) is 4. The van der Waals surface area contributed by atoms with Gasteiger partial charge in [-0.05, 0) is 54.9 Å². The number of fused-ring (bicyclic) bond motifs is 3. The standard InChI is InChI=1S/C21H21ClN2O3/c1-24-10-9-16-17-11-15(25)7-8-18(17)23-19(16)21(24,20(26)27-2)12-13-3-5-14(22)6-4-13/h3-8,11,23,25H,9-10,12H2,1-2H3. The number of aromatic nitrogens is 1. The van der Waals surface area contributed by atoms with Crippen LogP contribution in [0.15, 0.2) is 42.5 Å². The van der Waals surface area contributed by atoms with Crippen molar-refractivity contribution in [3.63, 3.8) is 0 Å². The molecule has 6 heteroatoms. The number of aromatic hydroxyl groups is 1. The number of ether oxygens (including phenoxy) is 1. The van der Waals surface area contributed by atoms with Crippen LogP contribution in [0.1, 0.15) is 16.8 Å². The van der Waals surface area contributed by atoms with Crippen molar-refractivity contribution in [2.45, 2.75) is 18.4 Å². The fourth-order valence-corrected chi connectivity index (χ4v) is 4.26. The molecule has 2 N–H and O–H groups in total. The van der Waals surface area contributed by atoms with Crippen LogP contribution in [0, 0.1) is 0 Å². The molecule has 0 bridgehead atoms. The zero-order valence-corrected chi connectivity index (χ0v) is 16.0. The maximum Gasteiger partial charge on any atom is 0.332 e. The minimum Gasteiger partial charge on any atom is -0.508 e. The fourth-order valence-electron chi connectivity index (χ4n) is 4.13. The second kappa shape index (κ2) is 6.59. The first kappa shape index (κ1) is 17.9. The van der Waals surface area contributed by atoms with Crippen LogP contribution in [0.3, 0.4) is 0 Å². The molecule has 0 fully saturated rings. The first-order chi connectivity index (χ1) is 13.0. The zero-order valence-electron chi connectivity index (χ0n) is 15.3. The molecule has 2 aromatic carbocycles. The average Bonchev–Trinajstić information content (AvgIpc) is 3.03. The van der Waals surface area contributed by atoms with E-state index >= 15 is 0 Å². The highest BCUT2D eigenvalue weighted by atomic mass is 35.5. The SMILES string of the molecule is COC(=O)C1(Cc2ccc(Cl)cc2)c2[nH]c3ccc(O)cc3c2CCN1C. The van der Waals surface area contributed by atoms with Crippen molar-refractivity contribution in [3.8, 4) is 5.75 Å². The van der Waals surface area contributed by atoms with E-state index in [2.05, 4.69) is 4.98 Å². The molecule has 0 radical (unpaired) electrons. The number of phenolic OH excluding ortho intramolecular Hbond substituents is 1. The summed E-state index contributed by atoms with van der Waals surface area (Å²) in [7, 11) is 3.36. The van der Waals surface area contributed by atoms with Crippen LogP contribution >= 0.6 is 11.6 Å². The number of nitrogens with one attached hydrogen (secondary N) is 1. The van der Waals surface area contributed by atoms with Crippen LogP contribution in [0.5, 0.6) is 5.75 Å². The summed E-state index contributed by atoms with van der Waals surface area (Å²) in [4.78, 5) is 18.6. The molecule has 140 valence electrons. The van der Waals surface area contributed by atoms with E-state index in [0.717, 1.165) is 34.1 Å². The van der Waals surface area contributed by atoms with Gasteiger partial charge in [-0.2, -0.15) is 0 Å². The van der Waals surface area contributed by atoms with E-state index in [1.54, 1.807) is 12.1 Å². The lowest BCUT2D eigenvalue weighted by molar-refractivity contribution is -0.156. The van der Waals surface area contributed by atoms with Crippen LogP contribution in [0.4, 0.5) is 0 Å². The predicted octanol–water partition coefficient (Wildman–Crippen LogP) is 3.63. The Bertz CT molecular complexity index is 1010. The Morgan fingerprint density at radius 3 is 2.74 bits per heavy atom. The second-order valence-electron chi connectivity index (χ2n) is 7.04. The van der Waals surface area contributed by atoms with Crippen molar-refractivity contribution in [1.82, 2.24) is 9.88 Å². The number of benzene rings is 2. The lowest BCUT2D eigenvalue weighted by Crippen LogP contribution is -2.56. The second-order valence-corrected chi connectivity index (χ2v) is 7.47. The van der Waals surface area contributed by atoms with Crippen molar-refractivity contribution >= 4 is 28.5 Å². The number of phenols is 1. The number of methoxy groups -OCH3 is 1. The van der Waals surface area contributed by atoms with Crippen molar-refractivity contribution in [1.29, 1.82) is 0 Å². The molecule has 1 aromatic heterocycles. The molecule has 0 saturated heterocycles. The summed E-state index contributed by atoms with van der Waals surface area (Å²) in [6.07, 6.45) is 1.24. The average molecular weight is 385 g/mol. The number of nitrogens with zero attached hydrogens (tertiary/aromatic N) is 1. The molecule has 0 saturated carbocycles. The highest BCUT2D eigenvalue weighted by molar-refractivity contribution is 6.30. The predicted molar refractivity (Wildman–Crippen MR) is 105 cm³/mol. The van der Waals surface area contributed by atoms with Crippen molar-refractivity contribution in [3.05, 3.63) is 64.3 Å². The van der Waals surface area contributed by atoms with Crippen molar-refractivity contribution < 1.29 is 14.6 Å². The molecule has 1 aliphatic heterocycles. The van der Waals surface area contributed by atoms with Gasteiger partial charge in [0.15, 0.2) is 5.54 Å². The fraction of sp³-hybridized carbons (Fsp3) is 0.286. The topological polar surface area (TPSA) is 65.6 Å². The van der Waals surface area contributed by atoms with Crippen LogP contribution in [0.25, 0.3) is 10.9 Å². The van der Waals surface area contributed by atoms with Crippen LogP contribution in [0.2, 0.25) is 5.02 Å². The van der Waals surface area contributed by atoms with Gasteiger partial charge < -0.3 is 14.8 Å². The summed E-state index contributed by atoms with van der Waals surface area (Å²) in [5, 5.41) is 11.5. The third kappa shape index (κ3) is 2.78. The number of hydrogen-bond donors (Lipinski definition) is 2. The third-order valence-corrected chi connectivity index (χ3v) is 5.80. The lowest BCUT2D eigenvalue weighted by Gasteiger charge is -2.42. The monoisotopic (exact) mass is 384 g/mol. The quantitative estimate of drug-likeness (QED) is 0.677. The van der Waals surface area contributed by atoms with Gasteiger partial charge in [-0.25, -0.2) is 4.79 Å². The largest absolute Gasteiger partial charge is 0.508 e. The molecule has 4 rings (SSSR count). The van der Waals surface area contributed by atoms with E-state index in [1.165, 1.54) is 7.11 Å². The van der Waals surface area contributed by atoms with Gasteiger partial charge >= 0.3 is 5.97 Å². The number of carbonyl (C=O) groups is 1. The Kier molecular flexibility index (Phi) is 4.36. The van der Waals surface area contributed by atoms with Crippen LogP contribution in [-0.4, -0.2) is 41.7 Å². The Labute approximate surface area is 162 Å². The number of H-pyrrole nitrogens is 1. The van der Waals surface area contributed by atoms with Gasteiger partial charge in [0.05, 0.1) is 12.8 Å². The minimum atomic E-state index is -0.967. The van der Waals surface area contributed by atoms with E-state index in [9.17, 15) is 9.90 Å². The molecule has 27 heavy (non-hydrogen) atoms. The molecule has 1 atom stereocenters. The Hall–Kier alpha value is -2.50. The van der Waals surface area contributed by atoms with Gasteiger partial charge in [0.2, 0.25) is 0 Å². The molecule has 3 aromatic rings. The minimum absolute atomic E-state index is 0.213. The zero-order chi connectivity index (χ0) is 19.2. The van der Waals surface area contributed by atoms with E-state index in [1.807, 2.05) is 42.3 Å². The van der Waals surface area contributed by atoms with E-state index in [-0.39, 0.29) is 11.7 Å². The maximum absolute atomic E-state index is 13.1. The van der Waals surface area contributed by atoms with E-state index < -0.39 is 5.54 Å². The molecule has 0 aliphatic carbocycles. The maximum atomic E-state index is 13.1. The summed E-state index contributed by atoms with van der Waals surface area (Å²) >= 11 is 6.03. The van der Waals surface area contributed by atoms with E-state index in [0.29, 0.717) is 18.0 Å². The van der Waals surface area contributed by atoms with Gasteiger partial charge in [-0.15, -0.1) is 0 Å². The van der Waals surface area contributed by atoms with Gasteiger partial charge in [0.1, 0.15) is 5.75 Å². The normalized spacial score (nSPS) is 19.8. The molecular weight excluding hydrogens is 364 g/mol. The highest BCUT2D eigenvalue weighted by Crippen LogP contribution is 2.42. The van der Waals surface area contributed by atoms with Crippen molar-refractivity contribution in [2.24, 2.45) is 0 Å². The van der Waals surface area contributed by atoms with Gasteiger partial charge in [0, 0.05) is 28.9 Å². The van der Waals surface area contributed by atoms with Crippen molar-refractivity contribution in [2.75, 3.05) is 20.7 Å². The van der Waals surface area contributed by atoms with Gasteiger partial charge in [-0.3, -0.25) is 4.90 Å². The van der Waals surface area contributed by atoms with E-state index in [4.69, 9.17) is 16.3 Å². The molecule has 0 amide bonds. The number of halogens is 1. The Balaban J connectivity index is 1.94. The number of likely N-dealkylation sites (N-methyl/N-ethyl adjacent to an activating group) is 1. The molecule has 2 heterocycles. The van der Waals surface area contributed by atoms with Crippen LogP contribution < -0.4 is 0 Å². The summed E-state index contributed by atoms with van der Waals surface area (Å²) in [6.45, 7) is 0.707. The van der Waals surface area contributed by atoms with Gasteiger partial charge in [-0.1, -0.05) is 23.7 Å². The third-order valence-electron chi connectivity index (χ3n) is 5.55.